The fraction of sp³-hybridized carbons (Fsp3) is 0.182. The van der Waals surface area contributed by atoms with E-state index < -0.39 is 0 Å². The summed E-state index contributed by atoms with van der Waals surface area (Å²) in [5.41, 5.74) is 2.03. The third-order valence-electron chi connectivity index (χ3n) is 1.69. The van der Waals surface area contributed by atoms with Gasteiger partial charge in [0.1, 0.15) is 6.29 Å². The van der Waals surface area contributed by atoms with Gasteiger partial charge in [0, 0.05) is 0 Å². The van der Waals surface area contributed by atoms with Crippen LogP contribution in [-0.2, 0) is 11.2 Å². The van der Waals surface area contributed by atoms with Crippen molar-refractivity contribution in [3.8, 4) is 0 Å². The molecule has 0 bridgehead atoms. The SMILES string of the molecule is C/C(C=O)=C/Cc1ccccc1. The summed E-state index contributed by atoms with van der Waals surface area (Å²) in [4.78, 5) is 10.3. The summed E-state index contributed by atoms with van der Waals surface area (Å²) >= 11 is 0. The van der Waals surface area contributed by atoms with Crippen molar-refractivity contribution >= 4 is 6.29 Å². The summed E-state index contributed by atoms with van der Waals surface area (Å²) in [6.07, 6.45) is 3.65. The zero-order chi connectivity index (χ0) is 8.81. The van der Waals surface area contributed by atoms with E-state index in [-0.39, 0.29) is 0 Å². The molecule has 1 heteroatoms. The van der Waals surface area contributed by atoms with Gasteiger partial charge >= 0.3 is 0 Å². The lowest BCUT2D eigenvalue weighted by molar-refractivity contribution is -0.104. The van der Waals surface area contributed by atoms with Gasteiger partial charge in [-0.05, 0) is 24.5 Å². The fourth-order valence-electron chi connectivity index (χ4n) is 0.941. The lowest BCUT2D eigenvalue weighted by Crippen LogP contribution is -1.82. The quantitative estimate of drug-likeness (QED) is 0.490. The Morgan fingerprint density at radius 1 is 1.33 bits per heavy atom. The Labute approximate surface area is 72.7 Å². The molecule has 62 valence electrons. The van der Waals surface area contributed by atoms with Crippen LogP contribution in [0.1, 0.15) is 12.5 Å². The molecule has 0 fully saturated rings. The van der Waals surface area contributed by atoms with Crippen molar-refractivity contribution in [2.24, 2.45) is 0 Å². The van der Waals surface area contributed by atoms with E-state index in [1.165, 1.54) is 5.56 Å². The topological polar surface area (TPSA) is 17.1 Å². The molecule has 1 aromatic rings. The maximum absolute atomic E-state index is 10.3. The molecular weight excluding hydrogens is 148 g/mol. The van der Waals surface area contributed by atoms with Gasteiger partial charge in [-0.3, -0.25) is 4.79 Å². The van der Waals surface area contributed by atoms with Gasteiger partial charge in [-0.15, -0.1) is 0 Å². The molecule has 0 heterocycles. The van der Waals surface area contributed by atoms with Crippen LogP contribution in [0.5, 0.6) is 0 Å². The molecule has 0 amide bonds. The van der Waals surface area contributed by atoms with Crippen molar-refractivity contribution in [2.45, 2.75) is 13.3 Å². The Hall–Kier alpha value is -1.37. The van der Waals surface area contributed by atoms with Crippen molar-refractivity contribution < 1.29 is 4.79 Å². The Morgan fingerprint density at radius 3 is 2.58 bits per heavy atom. The summed E-state index contributed by atoms with van der Waals surface area (Å²) in [7, 11) is 0. The van der Waals surface area contributed by atoms with Crippen molar-refractivity contribution in [3.63, 3.8) is 0 Å². The highest BCUT2D eigenvalue weighted by atomic mass is 16.1. The Morgan fingerprint density at radius 2 is 2.00 bits per heavy atom. The molecule has 12 heavy (non-hydrogen) atoms. The second-order valence-corrected chi connectivity index (χ2v) is 2.76. The van der Waals surface area contributed by atoms with E-state index in [4.69, 9.17) is 0 Å². The summed E-state index contributed by atoms with van der Waals surface area (Å²) in [6, 6.07) is 10.1. The van der Waals surface area contributed by atoms with Crippen LogP contribution in [0.15, 0.2) is 42.0 Å². The van der Waals surface area contributed by atoms with Gasteiger partial charge in [0.2, 0.25) is 0 Å². The number of benzene rings is 1. The number of carbonyl (C=O) groups is 1. The van der Waals surface area contributed by atoms with Crippen molar-refractivity contribution in [2.75, 3.05) is 0 Å². The minimum Gasteiger partial charge on any atom is -0.298 e. The minimum absolute atomic E-state index is 0.791. The zero-order valence-electron chi connectivity index (χ0n) is 7.16. The van der Waals surface area contributed by atoms with Crippen LogP contribution in [0.4, 0.5) is 0 Å². The highest BCUT2D eigenvalue weighted by Gasteiger charge is 1.87. The van der Waals surface area contributed by atoms with Crippen LogP contribution >= 0.6 is 0 Å². The highest BCUT2D eigenvalue weighted by molar-refractivity contribution is 5.72. The first-order chi connectivity index (χ1) is 5.83. The average molecular weight is 160 g/mol. The molecule has 0 aliphatic carbocycles. The molecule has 0 radical (unpaired) electrons. The molecule has 0 N–H and O–H groups in total. The minimum atomic E-state index is 0.791. The molecular formula is C11H12O. The average Bonchev–Trinajstić information content (AvgIpc) is 2.16. The van der Waals surface area contributed by atoms with Crippen LogP contribution in [0, 0.1) is 0 Å². The van der Waals surface area contributed by atoms with Gasteiger partial charge in [-0.2, -0.15) is 0 Å². The second-order valence-electron chi connectivity index (χ2n) is 2.76. The third-order valence-corrected chi connectivity index (χ3v) is 1.69. The van der Waals surface area contributed by atoms with Crippen LogP contribution < -0.4 is 0 Å². The smallest absolute Gasteiger partial charge is 0.145 e. The Kier molecular flexibility index (Phi) is 3.27. The van der Waals surface area contributed by atoms with Gasteiger partial charge in [-0.25, -0.2) is 0 Å². The molecule has 1 rings (SSSR count). The maximum Gasteiger partial charge on any atom is 0.145 e. The van der Waals surface area contributed by atoms with Crippen molar-refractivity contribution in [3.05, 3.63) is 47.5 Å². The predicted octanol–water partition coefficient (Wildman–Crippen LogP) is 2.37. The van der Waals surface area contributed by atoms with Gasteiger partial charge in [0.25, 0.3) is 0 Å². The van der Waals surface area contributed by atoms with Gasteiger partial charge in [-0.1, -0.05) is 36.4 Å². The normalized spacial score (nSPS) is 11.2. The number of hydrogen-bond acceptors (Lipinski definition) is 1. The van der Waals surface area contributed by atoms with Crippen LogP contribution in [0.25, 0.3) is 0 Å². The molecule has 0 aliphatic rings. The number of carbonyl (C=O) groups excluding carboxylic acids is 1. The molecule has 0 aromatic heterocycles. The molecule has 0 saturated heterocycles. The number of allylic oxidation sites excluding steroid dienone is 2. The largest absolute Gasteiger partial charge is 0.298 e. The lowest BCUT2D eigenvalue weighted by atomic mass is 10.1. The summed E-state index contributed by atoms with van der Waals surface area (Å²) in [5.74, 6) is 0. The maximum atomic E-state index is 10.3. The van der Waals surface area contributed by atoms with E-state index in [0.717, 1.165) is 18.3 Å². The van der Waals surface area contributed by atoms with E-state index >= 15 is 0 Å². The zero-order valence-corrected chi connectivity index (χ0v) is 7.16. The van der Waals surface area contributed by atoms with Crippen molar-refractivity contribution in [1.29, 1.82) is 0 Å². The predicted molar refractivity (Wildman–Crippen MR) is 50.0 cm³/mol. The fourth-order valence-corrected chi connectivity index (χ4v) is 0.941. The van der Waals surface area contributed by atoms with E-state index in [2.05, 4.69) is 12.1 Å². The summed E-state index contributed by atoms with van der Waals surface area (Å²) in [5, 5.41) is 0. The number of aldehydes is 1. The van der Waals surface area contributed by atoms with E-state index in [9.17, 15) is 4.79 Å². The molecule has 0 saturated carbocycles. The first-order valence-corrected chi connectivity index (χ1v) is 3.99. The molecule has 0 aliphatic heterocycles. The standard InChI is InChI=1S/C11H12O/c1-10(9-12)7-8-11-5-3-2-4-6-11/h2-7,9H,8H2,1H3/b10-7-. The molecule has 1 nitrogen and oxygen atoms in total. The third kappa shape index (κ3) is 2.70. The van der Waals surface area contributed by atoms with E-state index in [1.807, 2.05) is 31.2 Å². The van der Waals surface area contributed by atoms with Crippen molar-refractivity contribution in [1.82, 2.24) is 0 Å². The van der Waals surface area contributed by atoms with Crippen LogP contribution in [0.3, 0.4) is 0 Å². The first-order valence-electron chi connectivity index (χ1n) is 3.99. The Bertz CT molecular complexity index is 272. The monoisotopic (exact) mass is 160 g/mol. The summed E-state index contributed by atoms with van der Waals surface area (Å²) < 4.78 is 0. The molecule has 1 aromatic carbocycles. The molecule has 0 spiro atoms. The number of hydrogen-bond donors (Lipinski definition) is 0. The highest BCUT2D eigenvalue weighted by Crippen LogP contribution is 2.01. The number of rotatable bonds is 3. The first kappa shape index (κ1) is 8.72. The molecule has 0 unspecified atom stereocenters. The van der Waals surface area contributed by atoms with Gasteiger partial charge in [0.15, 0.2) is 0 Å². The summed E-state index contributed by atoms with van der Waals surface area (Å²) in [6.45, 7) is 1.82. The van der Waals surface area contributed by atoms with Crippen LogP contribution in [0.2, 0.25) is 0 Å². The molecule has 0 atom stereocenters. The Balaban J connectivity index is 2.60. The van der Waals surface area contributed by atoms with Gasteiger partial charge in [0.05, 0.1) is 0 Å². The van der Waals surface area contributed by atoms with E-state index in [1.54, 1.807) is 0 Å². The van der Waals surface area contributed by atoms with Crippen LogP contribution in [-0.4, -0.2) is 6.29 Å². The van der Waals surface area contributed by atoms with Gasteiger partial charge < -0.3 is 0 Å². The lowest BCUT2D eigenvalue weighted by Gasteiger charge is -1.94. The van der Waals surface area contributed by atoms with E-state index in [0.29, 0.717) is 0 Å². The second kappa shape index (κ2) is 4.50.